The third kappa shape index (κ3) is 3.12. The van der Waals surface area contributed by atoms with Crippen molar-refractivity contribution in [2.45, 2.75) is 91.3 Å². The van der Waals surface area contributed by atoms with Crippen molar-refractivity contribution >= 4 is 23.5 Å². The molecule has 0 unspecified atom stereocenters. The average molecular weight is 431 g/mol. The van der Waals surface area contributed by atoms with Crippen LogP contribution in [0.25, 0.3) is 0 Å². The maximum atomic E-state index is 13.5. The van der Waals surface area contributed by atoms with Crippen LogP contribution in [0, 0.1) is 28.6 Å². The SMILES string of the molecule is CC(=O)O[C@H]1CC[C@@]2(C)C(=CC(=O)[C@@H]3[C@@H]2CC[C@@]2(C)[C@H]3CC[C@]2(OC(C)=O)C(C)=O)C1. The quantitative estimate of drug-likeness (QED) is 0.630. The lowest BCUT2D eigenvalue weighted by atomic mass is 9.46. The molecule has 0 aromatic carbocycles. The van der Waals surface area contributed by atoms with Crippen LogP contribution in [0.4, 0.5) is 0 Å². The number of hydrogen-bond donors (Lipinski definition) is 0. The van der Waals surface area contributed by atoms with Crippen molar-refractivity contribution in [3.63, 3.8) is 0 Å². The Labute approximate surface area is 184 Å². The Kier molecular flexibility index (Phi) is 5.22. The van der Waals surface area contributed by atoms with Crippen molar-refractivity contribution in [2.75, 3.05) is 0 Å². The molecule has 3 saturated carbocycles. The standard InChI is InChI=1S/C25H34O6/c1-14(26)25(31-16(3)28)11-8-20-22-19(7-10-24(20,25)5)23(4)9-6-18(30-15(2)27)12-17(23)13-21(22)29/h13,18-20,22H,6-12H2,1-5H3/t18-,19-,20-,22+,23-,24-,25-/m0/s1. The Morgan fingerprint density at radius 3 is 2.23 bits per heavy atom. The van der Waals surface area contributed by atoms with Gasteiger partial charge in [-0.2, -0.15) is 0 Å². The molecule has 0 N–H and O–H groups in total. The normalized spacial score (nSPS) is 43.8. The second kappa shape index (κ2) is 7.28. The van der Waals surface area contributed by atoms with Crippen LogP contribution in [0.2, 0.25) is 0 Å². The summed E-state index contributed by atoms with van der Waals surface area (Å²) >= 11 is 0. The van der Waals surface area contributed by atoms with Gasteiger partial charge in [-0.3, -0.25) is 19.2 Å². The topological polar surface area (TPSA) is 86.7 Å². The van der Waals surface area contributed by atoms with Gasteiger partial charge in [0.05, 0.1) is 0 Å². The van der Waals surface area contributed by atoms with Gasteiger partial charge in [0.25, 0.3) is 0 Å². The molecule has 6 heteroatoms. The van der Waals surface area contributed by atoms with E-state index in [0.717, 1.165) is 31.3 Å². The molecule has 4 rings (SSSR count). The molecular weight excluding hydrogens is 396 g/mol. The molecule has 0 heterocycles. The lowest BCUT2D eigenvalue weighted by Crippen LogP contribution is -2.59. The predicted octanol–water partition coefficient (Wildman–Crippen LogP) is 3.95. The number of carbonyl (C=O) groups is 4. The van der Waals surface area contributed by atoms with Crippen LogP contribution in [-0.2, 0) is 28.7 Å². The summed E-state index contributed by atoms with van der Waals surface area (Å²) in [6, 6.07) is 0. The molecule has 6 nitrogen and oxygen atoms in total. The molecule has 170 valence electrons. The molecule has 0 aliphatic heterocycles. The molecule has 0 aromatic heterocycles. The number of ether oxygens (including phenoxy) is 2. The van der Waals surface area contributed by atoms with Crippen LogP contribution < -0.4 is 0 Å². The van der Waals surface area contributed by atoms with E-state index >= 15 is 0 Å². The number of Topliss-reactive ketones (excluding diaryl/α,β-unsaturated/α-hetero) is 1. The van der Waals surface area contributed by atoms with Gasteiger partial charge >= 0.3 is 11.9 Å². The summed E-state index contributed by atoms with van der Waals surface area (Å²) in [5, 5.41) is 0. The van der Waals surface area contributed by atoms with E-state index in [9.17, 15) is 19.2 Å². The van der Waals surface area contributed by atoms with Crippen LogP contribution in [0.15, 0.2) is 11.6 Å². The van der Waals surface area contributed by atoms with Gasteiger partial charge in [-0.05, 0) is 68.8 Å². The largest absolute Gasteiger partial charge is 0.462 e. The fourth-order valence-corrected chi connectivity index (χ4v) is 7.77. The van der Waals surface area contributed by atoms with Crippen molar-refractivity contribution in [2.24, 2.45) is 28.6 Å². The Hall–Kier alpha value is -1.98. The minimum absolute atomic E-state index is 0.0165. The molecule has 0 spiro atoms. The Morgan fingerprint density at radius 1 is 0.935 bits per heavy atom. The summed E-state index contributed by atoms with van der Waals surface area (Å²) in [5.41, 5.74) is -0.653. The van der Waals surface area contributed by atoms with Gasteiger partial charge < -0.3 is 9.47 Å². The maximum absolute atomic E-state index is 13.5. The summed E-state index contributed by atoms with van der Waals surface area (Å²) < 4.78 is 11.2. The molecule has 0 amide bonds. The zero-order valence-corrected chi connectivity index (χ0v) is 19.3. The van der Waals surface area contributed by atoms with E-state index in [-0.39, 0.29) is 46.8 Å². The first-order valence-corrected chi connectivity index (χ1v) is 11.6. The van der Waals surface area contributed by atoms with Crippen LogP contribution in [0.3, 0.4) is 0 Å². The first-order chi connectivity index (χ1) is 14.4. The Morgan fingerprint density at radius 2 is 1.61 bits per heavy atom. The van der Waals surface area contributed by atoms with Crippen molar-refractivity contribution in [1.82, 2.24) is 0 Å². The van der Waals surface area contributed by atoms with E-state index < -0.39 is 17.0 Å². The molecule has 0 saturated heterocycles. The third-order valence-electron chi connectivity index (χ3n) is 9.24. The van der Waals surface area contributed by atoms with Crippen LogP contribution in [0.1, 0.15) is 79.6 Å². The first kappa shape index (κ1) is 22.2. The van der Waals surface area contributed by atoms with Gasteiger partial charge in [0.2, 0.25) is 0 Å². The number of ketones is 2. The molecule has 31 heavy (non-hydrogen) atoms. The summed E-state index contributed by atoms with van der Waals surface area (Å²) in [5.74, 6) is -0.640. The van der Waals surface area contributed by atoms with Gasteiger partial charge in [0.1, 0.15) is 6.10 Å². The van der Waals surface area contributed by atoms with E-state index in [0.29, 0.717) is 19.3 Å². The third-order valence-corrected chi connectivity index (χ3v) is 9.24. The van der Waals surface area contributed by atoms with E-state index in [2.05, 4.69) is 13.8 Å². The Balaban J connectivity index is 1.69. The van der Waals surface area contributed by atoms with Crippen LogP contribution in [0.5, 0.6) is 0 Å². The minimum atomic E-state index is -1.13. The molecule has 0 radical (unpaired) electrons. The molecule has 7 atom stereocenters. The number of esters is 2. The summed E-state index contributed by atoms with van der Waals surface area (Å²) in [6.45, 7) is 8.61. The average Bonchev–Trinajstić information content (AvgIpc) is 2.95. The molecule has 0 bridgehead atoms. The van der Waals surface area contributed by atoms with E-state index in [1.54, 1.807) is 0 Å². The number of fused-ring (bicyclic) bond motifs is 5. The van der Waals surface area contributed by atoms with Gasteiger partial charge in [-0.25, -0.2) is 0 Å². The number of carbonyl (C=O) groups excluding carboxylic acids is 4. The highest BCUT2D eigenvalue weighted by Gasteiger charge is 2.69. The molecule has 3 fully saturated rings. The van der Waals surface area contributed by atoms with E-state index in [1.165, 1.54) is 20.8 Å². The van der Waals surface area contributed by atoms with E-state index in [4.69, 9.17) is 9.47 Å². The van der Waals surface area contributed by atoms with Crippen molar-refractivity contribution in [3.05, 3.63) is 11.6 Å². The number of hydrogen-bond acceptors (Lipinski definition) is 6. The van der Waals surface area contributed by atoms with Crippen molar-refractivity contribution < 1.29 is 28.7 Å². The molecular formula is C25H34O6. The van der Waals surface area contributed by atoms with Crippen LogP contribution >= 0.6 is 0 Å². The summed E-state index contributed by atoms with van der Waals surface area (Å²) in [4.78, 5) is 49.6. The number of allylic oxidation sites excluding steroid dienone is 1. The zero-order chi connectivity index (χ0) is 22.8. The first-order valence-electron chi connectivity index (χ1n) is 11.6. The number of rotatable bonds is 3. The highest BCUT2D eigenvalue weighted by molar-refractivity contribution is 5.95. The van der Waals surface area contributed by atoms with Crippen molar-refractivity contribution in [3.8, 4) is 0 Å². The second-order valence-corrected chi connectivity index (χ2v) is 10.7. The Bertz CT molecular complexity index is 873. The fourth-order valence-electron chi connectivity index (χ4n) is 7.77. The summed E-state index contributed by atoms with van der Waals surface area (Å²) in [6.07, 6.45) is 6.75. The lowest BCUT2D eigenvalue weighted by Gasteiger charge is -2.58. The lowest BCUT2D eigenvalue weighted by molar-refractivity contribution is -0.187. The van der Waals surface area contributed by atoms with Gasteiger partial charge in [0.15, 0.2) is 17.2 Å². The zero-order valence-electron chi connectivity index (χ0n) is 19.3. The van der Waals surface area contributed by atoms with Gasteiger partial charge in [-0.15, -0.1) is 0 Å². The smallest absolute Gasteiger partial charge is 0.303 e. The minimum Gasteiger partial charge on any atom is -0.462 e. The van der Waals surface area contributed by atoms with Crippen molar-refractivity contribution in [1.29, 1.82) is 0 Å². The second-order valence-electron chi connectivity index (χ2n) is 10.7. The molecule has 4 aliphatic rings. The highest BCUT2D eigenvalue weighted by Crippen LogP contribution is 2.67. The van der Waals surface area contributed by atoms with Gasteiger partial charge in [-0.1, -0.05) is 19.4 Å². The van der Waals surface area contributed by atoms with E-state index in [1.807, 2.05) is 6.08 Å². The maximum Gasteiger partial charge on any atom is 0.303 e. The van der Waals surface area contributed by atoms with Crippen LogP contribution in [-0.4, -0.2) is 35.2 Å². The molecule has 4 aliphatic carbocycles. The highest BCUT2D eigenvalue weighted by atomic mass is 16.6. The predicted molar refractivity (Wildman–Crippen MR) is 113 cm³/mol. The summed E-state index contributed by atoms with van der Waals surface area (Å²) in [7, 11) is 0. The monoisotopic (exact) mass is 430 g/mol. The fraction of sp³-hybridized carbons (Fsp3) is 0.760. The van der Waals surface area contributed by atoms with Gasteiger partial charge in [0, 0.05) is 31.6 Å². The molecule has 0 aromatic rings.